The number of likely N-dealkylation sites (tertiary alicyclic amines) is 1. The number of halogens is 3. The van der Waals surface area contributed by atoms with E-state index < -0.39 is 12.1 Å². The summed E-state index contributed by atoms with van der Waals surface area (Å²) in [5.41, 5.74) is 0. The van der Waals surface area contributed by atoms with E-state index in [1.165, 1.54) is 38.8 Å². The van der Waals surface area contributed by atoms with Crippen LogP contribution in [0.4, 0.5) is 13.2 Å². The van der Waals surface area contributed by atoms with Crippen LogP contribution in [0.3, 0.4) is 0 Å². The normalized spacial score (nSPS) is 22.5. The van der Waals surface area contributed by atoms with Crippen LogP contribution >= 0.6 is 0 Å². The number of piperidine rings is 1. The number of carboxylic acid groups (broad SMARTS) is 1. The number of carbonyl (C=O) groups is 1. The predicted octanol–water partition coefficient (Wildman–Crippen LogP) is 1.48. The SMILES string of the molecule is CNC1CCN(C2CCOCC2)CC1.O=C(O)C(F)(F)F. The van der Waals surface area contributed by atoms with Crippen LogP contribution in [0.15, 0.2) is 0 Å². The minimum atomic E-state index is -5.08. The molecule has 2 aliphatic heterocycles. The number of carboxylic acids is 1. The molecule has 124 valence electrons. The third-order valence-corrected chi connectivity index (χ3v) is 3.89. The third kappa shape index (κ3) is 6.62. The Balaban J connectivity index is 0.000000270. The van der Waals surface area contributed by atoms with Crippen LogP contribution in [-0.2, 0) is 9.53 Å². The van der Waals surface area contributed by atoms with E-state index in [1.807, 2.05) is 0 Å². The second-order valence-corrected chi connectivity index (χ2v) is 5.25. The summed E-state index contributed by atoms with van der Waals surface area (Å²) in [7, 11) is 2.08. The number of nitrogens with one attached hydrogen (secondary N) is 1. The van der Waals surface area contributed by atoms with Crippen molar-refractivity contribution in [2.75, 3.05) is 33.4 Å². The monoisotopic (exact) mass is 312 g/mol. The minimum absolute atomic E-state index is 0.756. The largest absolute Gasteiger partial charge is 0.490 e. The average molecular weight is 312 g/mol. The van der Waals surface area contributed by atoms with E-state index in [2.05, 4.69) is 17.3 Å². The summed E-state index contributed by atoms with van der Waals surface area (Å²) in [6.07, 6.45) is 0.0240. The van der Waals surface area contributed by atoms with E-state index in [0.29, 0.717) is 0 Å². The maximum absolute atomic E-state index is 10.6. The van der Waals surface area contributed by atoms with Crippen molar-refractivity contribution in [2.45, 2.75) is 43.9 Å². The molecule has 0 amide bonds. The summed E-state index contributed by atoms with van der Waals surface area (Å²) in [5, 5.41) is 10.5. The van der Waals surface area contributed by atoms with Gasteiger partial charge in [-0.25, -0.2) is 4.79 Å². The molecule has 0 aliphatic carbocycles. The summed E-state index contributed by atoms with van der Waals surface area (Å²) in [4.78, 5) is 11.6. The van der Waals surface area contributed by atoms with Gasteiger partial charge in [-0.3, -0.25) is 0 Å². The van der Waals surface area contributed by atoms with E-state index in [4.69, 9.17) is 14.6 Å². The van der Waals surface area contributed by atoms with Gasteiger partial charge in [0.25, 0.3) is 0 Å². The maximum atomic E-state index is 10.6. The van der Waals surface area contributed by atoms with Crippen molar-refractivity contribution in [1.29, 1.82) is 0 Å². The molecule has 21 heavy (non-hydrogen) atoms. The molecule has 2 rings (SSSR count). The molecule has 0 aromatic carbocycles. The summed E-state index contributed by atoms with van der Waals surface area (Å²) in [6.45, 7) is 4.49. The molecule has 0 aromatic heterocycles. The van der Waals surface area contributed by atoms with Gasteiger partial charge in [-0.15, -0.1) is 0 Å². The predicted molar refractivity (Wildman–Crippen MR) is 71.2 cm³/mol. The van der Waals surface area contributed by atoms with E-state index in [1.54, 1.807) is 0 Å². The molecule has 8 heteroatoms. The lowest BCUT2D eigenvalue weighted by molar-refractivity contribution is -0.192. The molecular weight excluding hydrogens is 289 g/mol. The fourth-order valence-corrected chi connectivity index (χ4v) is 2.60. The molecule has 5 nitrogen and oxygen atoms in total. The highest BCUT2D eigenvalue weighted by atomic mass is 19.4. The molecule has 0 spiro atoms. The molecule has 0 aromatic rings. The number of hydrogen-bond acceptors (Lipinski definition) is 4. The van der Waals surface area contributed by atoms with Crippen LogP contribution in [0.25, 0.3) is 0 Å². The van der Waals surface area contributed by atoms with Gasteiger partial charge in [0, 0.05) is 25.3 Å². The summed E-state index contributed by atoms with van der Waals surface area (Å²) >= 11 is 0. The van der Waals surface area contributed by atoms with E-state index >= 15 is 0 Å². The van der Waals surface area contributed by atoms with Gasteiger partial charge >= 0.3 is 12.1 Å². The van der Waals surface area contributed by atoms with Crippen LogP contribution in [0.2, 0.25) is 0 Å². The number of hydrogen-bond donors (Lipinski definition) is 2. The standard InChI is InChI=1S/C11H22N2O.C2HF3O2/c1-12-10-2-6-13(7-3-10)11-4-8-14-9-5-11;3-2(4,5)1(6)7/h10-12H,2-9H2,1H3;(H,6,7). The summed E-state index contributed by atoms with van der Waals surface area (Å²) in [6, 6.07) is 1.56. The number of alkyl halides is 3. The van der Waals surface area contributed by atoms with Crippen molar-refractivity contribution >= 4 is 5.97 Å². The Morgan fingerprint density at radius 3 is 2.05 bits per heavy atom. The van der Waals surface area contributed by atoms with Gasteiger partial charge < -0.3 is 20.1 Å². The van der Waals surface area contributed by atoms with Crippen LogP contribution in [0, 0.1) is 0 Å². The molecule has 2 aliphatic rings. The molecule has 0 atom stereocenters. The van der Waals surface area contributed by atoms with Gasteiger partial charge in [-0.1, -0.05) is 0 Å². The van der Waals surface area contributed by atoms with Crippen molar-refractivity contribution < 1.29 is 27.8 Å². The van der Waals surface area contributed by atoms with Gasteiger partial charge in [-0.05, 0) is 45.8 Å². The number of nitrogens with zero attached hydrogens (tertiary/aromatic N) is 1. The fraction of sp³-hybridized carbons (Fsp3) is 0.923. The minimum Gasteiger partial charge on any atom is -0.475 e. The van der Waals surface area contributed by atoms with Crippen molar-refractivity contribution in [3.05, 3.63) is 0 Å². The van der Waals surface area contributed by atoms with Gasteiger partial charge in [0.1, 0.15) is 0 Å². The fourth-order valence-electron chi connectivity index (χ4n) is 2.60. The van der Waals surface area contributed by atoms with Gasteiger partial charge in [-0.2, -0.15) is 13.2 Å². The summed E-state index contributed by atoms with van der Waals surface area (Å²) < 4.78 is 37.1. The van der Waals surface area contributed by atoms with Gasteiger partial charge in [0.2, 0.25) is 0 Å². The number of rotatable bonds is 2. The Kier molecular flexibility index (Phi) is 7.41. The molecule has 2 fully saturated rings. The lowest BCUT2D eigenvalue weighted by atomic mass is 10.00. The van der Waals surface area contributed by atoms with Crippen molar-refractivity contribution in [3.8, 4) is 0 Å². The number of aliphatic carboxylic acids is 1. The molecule has 2 N–H and O–H groups in total. The lowest BCUT2D eigenvalue weighted by Crippen LogP contribution is -2.47. The van der Waals surface area contributed by atoms with E-state index in [0.717, 1.165) is 25.3 Å². The zero-order valence-corrected chi connectivity index (χ0v) is 12.2. The zero-order valence-electron chi connectivity index (χ0n) is 12.2. The zero-order chi connectivity index (χ0) is 15.9. The highest BCUT2D eigenvalue weighted by Crippen LogP contribution is 2.19. The number of ether oxygens (including phenoxy) is 1. The highest BCUT2D eigenvalue weighted by Gasteiger charge is 2.38. The van der Waals surface area contributed by atoms with Crippen molar-refractivity contribution in [3.63, 3.8) is 0 Å². The first-order chi connectivity index (χ1) is 9.84. The molecule has 2 saturated heterocycles. The van der Waals surface area contributed by atoms with Crippen LogP contribution in [-0.4, -0.2) is 67.6 Å². The molecular formula is C13H23F3N2O3. The van der Waals surface area contributed by atoms with Crippen LogP contribution in [0.1, 0.15) is 25.7 Å². The molecule has 0 bridgehead atoms. The third-order valence-electron chi connectivity index (χ3n) is 3.89. The Morgan fingerprint density at radius 2 is 1.67 bits per heavy atom. The quantitative estimate of drug-likeness (QED) is 0.809. The Bertz CT molecular complexity index is 312. The first-order valence-corrected chi connectivity index (χ1v) is 7.13. The second-order valence-electron chi connectivity index (χ2n) is 5.25. The van der Waals surface area contributed by atoms with Gasteiger partial charge in [0.05, 0.1) is 0 Å². The first kappa shape index (κ1) is 18.2. The molecule has 2 heterocycles. The maximum Gasteiger partial charge on any atom is 0.490 e. The topological polar surface area (TPSA) is 61.8 Å². The van der Waals surface area contributed by atoms with E-state index in [9.17, 15) is 13.2 Å². The van der Waals surface area contributed by atoms with Crippen LogP contribution in [0.5, 0.6) is 0 Å². The van der Waals surface area contributed by atoms with Crippen molar-refractivity contribution in [1.82, 2.24) is 10.2 Å². The van der Waals surface area contributed by atoms with Crippen LogP contribution < -0.4 is 5.32 Å². The lowest BCUT2D eigenvalue weighted by Gasteiger charge is -2.39. The molecule has 0 radical (unpaired) electrons. The first-order valence-electron chi connectivity index (χ1n) is 7.13. The Hall–Kier alpha value is -0.860. The van der Waals surface area contributed by atoms with Gasteiger partial charge in [0.15, 0.2) is 0 Å². The highest BCUT2D eigenvalue weighted by molar-refractivity contribution is 5.73. The second kappa shape index (κ2) is 8.55. The van der Waals surface area contributed by atoms with E-state index in [-0.39, 0.29) is 0 Å². The summed E-state index contributed by atoms with van der Waals surface area (Å²) in [5.74, 6) is -2.76. The Labute approximate surface area is 122 Å². The average Bonchev–Trinajstić information content (AvgIpc) is 2.48. The molecule has 0 unspecified atom stereocenters. The molecule has 0 saturated carbocycles. The Morgan fingerprint density at radius 1 is 1.19 bits per heavy atom. The van der Waals surface area contributed by atoms with Crippen molar-refractivity contribution in [2.24, 2.45) is 0 Å². The smallest absolute Gasteiger partial charge is 0.475 e.